The highest BCUT2D eigenvalue weighted by Gasteiger charge is 2.37. The first-order chi connectivity index (χ1) is 12.4. The van der Waals surface area contributed by atoms with E-state index < -0.39 is 20.0 Å². The molecule has 0 spiro atoms. The predicted molar refractivity (Wildman–Crippen MR) is 98.8 cm³/mol. The Labute approximate surface area is 155 Å². The minimum absolute atomic E-state index is 0.0748. The van der Waals surface area contributed by atoms with Gasteiger partial charge in [-0.25, -0.2) is 0 Å². The highest BCUT2D eigenvalue weighted by Crippen LogP contribution is 2.35. The van der Waals surface area contributed by atoms with Crippen LogP contribution in [0.2, 0.25) is 0 Å². The summed E-state index contributed by atoms with van der Waals surface area (Å²) in [6.45, 7) is 0. The van der Waals surface area contributed by atoms with E-state index in [0.29, 0.717) is 3.71 Å². The molecule has 0 aliphatic rings. The molecule has 0 aliphatic heterocycles. The van der Waals surface area contributed by atoms with Crippen molar-refractivity contribution in [3.8, 4) is 6.07 Å². The van der Waals surface area contributed by atoms with Crippen molar-refractivity contribution in [1.82, 2.24) is 0 Å². The Bertz CT molecular complexity index is 1090. The van der Waals surface area contributed by atoms with Gasteiger partial charge in [0.1, 0.15) is 15.9 Å². The van der Waals surface area contributed by atoms with Gasteiger partial charge >= 0.3 is 0 Å². The fourth-order valence-electron chi connectivity index (χ4n) is 2.23. The van der Waals surface area contributed by atoms with Gasteiger partial charge in [-0.05, 0) is 36.4 Å². The highest BCUT2D eigenvalue weighted by molar-refractivity contribution is 8.10. The first-order valence-corrected chi connectivity index (χ1v) is 11.0. The molecule has 1 aromatic heterocycles. The van der Waals surface area contributed by atoms with Crippen molar-refractivity contribution in [2.75, 3.05) is 3.71 Å². The molecule has 9 heteroatoms. The van der Waals surface area contributed by atoms with Crippen LogP contribution >= 0.6 is 11.3 Å². The van der Waals surface area contributed by atoms with Gasteiger partial charge in [0.05, 0.1) is 9.79 Å². The molecule has 0 saturated heterocycles. The number of benzene rings is 2. The topological polar surface area (TPSA) is 95.3 Å². The van der Waals surface area contributed by atoms with E-state index in [1.54, 1.807) is 12.1 Å². The molecule has 0 unspecified atom stereocenters. The van der Waals surface area contributed by atoms with Crippen LogP contribution in [-0.4, -0.2) is 16.8 Å². The summed E-state index contributed by atoms with van der Waals surface area (Å²) in [7, 11) is -8.82. The summed E-state index contributed by atoms with van der Waals surface area (Å²) in [5.74, 6) is 0. The molecule has 0 N–H and O–H groups in total. The van der Waals surface area contributed by atoms with Gasteiger partial charge in [-0.1, -0.05) is 36.4 Å². The third kappa shape index (κ3) is 3.22. The quantitative estimate of drug-likeness (QED) is 0.651. The van der Waals surface area contributed by atoms with Crippen LogP contribution in [0.15, 0.2) is 82.6 Å². The van der Waals surface area contributed by atoms with Gasteiger partial charge in [0.2, 0.25) is 0 Å². The van der Waals surface area contributed by atoms with Gasteiger partial charge in [-0.2, -0.15) is 22.1 Å². The molecule has 0 saturated carbocycles. The van der Waals surface area contributed by atoms with Crippen molar-refractivity contribution in [2.45, 2.75) is 9.79 Å². The largest absolute Gasteiger partial charge is 0.278 e. The molecule has 0 bridgehead atoms. The Hall–Kier alpha value is -2.67. The molecular weight excluding hydrogens is 392 g/mol. The zero-order valence-electron chi connectivity index (χ0n) is 13.2. The van der Waals surface area contributed by atoms with Crippen molar-refractivity contribution >= 4 is 36.4 Å². The molecule has 2 aromatic carbocycles. The summed E-state index contributed by atoms with van der Waals surface area (Å²) in [6, 6.07) is 19.2. The first kappa shape index (κ1) is 18.1. The molecule has 26 heavy (non-hydrogen) atoms. The maximum atomic E-state index is 13.1. The van der Waals surface area contributed by atoms with Gasteiger partial charge in [0, 0.05) is 0 Å². The fourth-order valence-corrected chi connectivity index (χ4v) is 7.19. The van der Waals surface area contributed by atoms with Crippen LogP contribution in [0.25, 0.3) is 0 Å². The summed E-state index contributed by atoms with van der Waals surface area (Å²) in [6.07, 6.45) is 0. The van der Waals surface area contributed by atoms with E-state index >= 15 is 0 Å². The second-order valence-electron chi connectivity index (χ2n) is 5.08. The average Bonchev–Trinajstić information content (AvgIpc) is 3.11. The highest BCUT2D eigenvalue weighted by atomic mass is 32.3. The number of rotatable bonds is 5. The summed E-state index contributed by atoms with van der Waals surface area (Å²) >= 11 is 0.791. The fraction of sp³-hybridized carbons (Fsp3) is 0. The standard InChI is InChI=1S/C17H12N2O4S3/c18-13-14-11-12-17(24-14)19(25(20,21)15-7-3-1-4-8-15)26(22,23)16-9-5-2-6-10-16/h1-12H. The minimum Gasteiger partial charge on any atom is -0.200 e. The van der Waals surface area contributed by atoms with Crippen molar-refractivity contribution in [1.29, 1.82) is 5.26 Å². The van der Waals surface area contributed by atoms with Crippen LogP contribution in [0.5, 0.6) is 0 Å². The second kappa shape index (κ2) is 6.92. The van der Waals surface area contributed by atoms with Crippen LogP contribution < -0.4 is 3.71 Å². The van der Waals surface area contributed by atoms with Crippen LogP contribution in [0, 0.1) is 11.3 Å². The zero-order chi connectivity index (χ0) is 18.8. The lowest BCUT2D eigenvalue weighted by Gasteiger charge is -2.22. The van der Waals surface area contributed by atoms with E-state index in [-0.39, 0.29) is 19.7 Å². The Kier molecular flexibility index (Phi) is 4.82. The molecule has 0 atom stereocenters. The molecular formula is C17H12N2O4S3. The number of nitriles is 1. The third-order valence-electron chi connectivity index (χ3n) is 3.40. The Morgan fingerprint density at radius 3 is 1.58 bits per heavy atom. The lowest BCUT2D eigenvalue weighted by atomic mass is 10.4. The lowest BCUT2D eigenvalue weighted by Crippen LogP contribution is -2.36. The summed E-state index contributed by atoms with van der Waals surface area (Å²) in [5.41, 5.74) is 0. The predicted octanol–water partition coefficient (Wildman–Crippen LogP) is 3.20. The normalized spacial score (nSPS) is 11.7. The van der Waals surface area contributed by atoms with Crippen LogP contribution in [0.3, 0.4) is 0 Å². The first-order valence-electron chi connectivity index (χ1n) is 7.28. The lowest BCUT2D eigenvalue weighted by molar-refractivity contribution is 0.584. The third-order valence-corrected chi connectivity index (χ3v) is 8.79. The van der Waals surface area contributed by atoms with Crippen LogP contribution in [0.4, 0.5) is 5.00 Å². The maximum absolute atomic E-state index is 13.1. The van der Waals surface area contributed by atoms with Gasteiger partial charge in [-0.15, -0.1) is 15.0 Å². The second-order valence-corrected chi connectivity index (χ2v) is 9.95. The molecule has 6 nitrogen and oxygen atoms in total. The van der Waals surface area contributed by atoms with Crippen molar-refractivity contribution in [3.05, 3.63) is 77.7 Å². The number of nitrogens with zero attached hydrogens (tertiary/aromatic N) is 2. The molecule has 0 radical (unpaired) electrons. The number of sulfonamides is 2. The van der Waals surface area contributed by atoms with E-state index in [4.69, 9.17) is 5.26 Å². The van der Waals surface area contributed by atoms with E-state index in [1.165, 1.54) is 60.7 Å². The van der Waals surface area contributed by atoms with Crippen LogP contribution in [-0.2, 0) is 20.0 Å². The van der Waals surface area contributed by atoms with E-state index in [1.807, 2.05) is 6.07 Å². The van der Waals surface area contributed by atoms with Crippen molar-refractivity contribution < 1.29 is 16.8 Å². The summed E-state index contributed by atoms with van der Waals surface area (Å²) in [5, 5.41) is 8.94. The molecule has 3 aromatic rings. The van der Waals surface area contributed by atoms with Crippen molar-refractivity contribution in [3.63, 3.8) is 0 Å². The van der Waals surface area contributed by atoms with Gasteiger partial charge in [-0.3, -0.25) is 0 Å². The number of thiophene rings is 1. The molecule has 3 rings (SSSR count). The Morgan fingerprint density at radius 1 is 0.731 bits per heavy atom. The van der Waals surface area contributed by atoms with Crippen LogP contribution in [0.1, 0.15) is 4.88 Å². The zero-order valence-corrected chi connectivity index (χ0v) is 15.6. The number of hydrogen-bond donors (Lipinski definition) is 0. The number of hydrogen-bond acceptors (Lipinski definition) is 6. The molecule has 0 amide bonds. The SMILES string of the molecule is N#Cc1ccc(N(S(=O)(=O)c2ccccc2)S(=O)(=O)c2ccccc2)s1. The molecule has 132 valence electrons. The molecule has 1 heterocycles. The Balaban J connectivity index is 2.26. The van der Waals surface area contributed by atoms with E-state index in [9.17, 15) is 16.8 Å². The molecule has 0 fully saturated rings. The van der Waals surface area contributed by atoms with Gasteiger partial charge < -0.3 is 0 Å². The monoisotopic (exact) mass is 404 g/mol. The van der Waals surface area contributed by atoms with Crippen molar-refractivity contribution in [2.24, 2.45) is 0 Å². The molecule has 0 aliphatic carbocycles. The van der Waals surface area contributed by atoms with Gasteiger partial charge in [0.25, 0.3) is 20.0 Å². The number of anilines is 1. The van der Waals surface area contributed by atoms with Gasteiger partial charge in [0.15, 0.2) is 0 Å². The summed E-state index contributed by atoms with van der Waals surface area (Å²) < 4.78 is 52.9. The smallest absolute Gasteiger partial charge is 0.200 e. The average molecular weight is 404 g/mol. The van der Waals surface area contributed by atoms with E-state index in [0.717, 1.165) is 11.3 Å². The van der Waals surface area contributed by atoms with E-state index in [2.05, 4.69) is 0 Å². The maximum Gasteiger partial charge on any atom is 0.278 e. The summed E-state index contributed by atoms with van der Waals surface area (Å²) in [4.78, 5) is -0.116. The minimum atomic E-state index is -4.41. The Morgan fingerprint density at radius 2 is 1.19 bits per heavy atom.